The molecule has 1 atom stereocenters. The van der Waals surface area contributed by atoms with Gasteiger partial charge in [-0.3, -0.25) is 0 Å². The topological polar surface area (TPSA) is 12.5 Å². The predicted molar refractivity (Wildman–Crippen MR) is 123 cm³/mol. The molecule has 0 spiro atoms. The average Bonchev–Trinajstić information content (AvgIpc) is 2.97. The van der Waals surface area contributed by atoms with E-state index in [0.717, 1.165) is 25.0 Å². The lowest BCUT2D eigenvalue weighted by Crippen LogP contribution is -2.54. The van der Waals surface area contributed by atoms with Crippen LogP contribution in [0.1, 0.15) is 95.4 Å². The fourth-order valence-corrected chi connectivity index (χ4v) is 7.57. The predicted octanol–water partition coefficient (Wildman–Crippen LogP) is 6.89. The molecule has 0 N–H and O–H groups in total. The van der Waals surface area contributed by atoms with Gasteiger partial charge in [-0.05, 0) is 65.8 Å². The van der Waals surface area contributed by atoms with E-state index in [4.69, 9.17) is 4.74 Å². The van der Waals surface area contributed by atoms with Crippen LogP contribution in [0.25, 0.3) is 0 Å². The largest absolute Gasteiger partial charge is 0.381 e. The molecule has 2 aliphatic heterocycles. The number of piperidine rings is 1. The molecule has 2 heteroatoms. The summed E-state index contributed by atoms with van der Waals surface area (Å²) in [5, 5.41) is 0. The third-order valence-corrected chi connectivity index (χ3v) is 8.34. The summed E-state index contributed by atoms with van der Waals surface area (Å²) in [6.45, 7) is 32.6. The van der Waals surface area contributed by atoms with E-state index in [9.17, 15) is 0 Å². The summed E-state index contributed by atoms with van der Waals surface area (Å²) in [7, 11) is 0. The van der Waals surface area contributed by atoms with Crippen LogP contribution in [-0.2, 0) is 4.74 Å². The van der Waals surface area contributed by atoms with Crippen LogP contribution in [0.4, 0.5) is 0 Å². The van der Waals surface area contributed by atoms with E-state index in [1.807, 2.05) is 0 Å². The zero-order chi connectivity index (χ0) is 21.6. The van der Waals surface area contributed by atoms with Crippen LogP contribution >= 0.6 is 0 Å². The molecule has 2 rings (SSSR count). The first kappa shape index (κ1) is 24.2. The zero-order valence-electron chi connectivity index (χ0n) is 21.2. The van der Waals surface area contributed by atoms with Crippen LogP contribution < -0.4 is 0 Å². The molecule has 28 heavy (non-hydrogen) atoms. The molecule has 0 radical (unpaired) electrons. The Morgan fingerprint density at radius 1 is 0.857 bits per heavy atom. The van der Waals surface area contributed by atoms with Gasteiger partial charge in [0, 0.05) is 18.6 Å². The molecule has 0 saturated carbocycles. The molecule has 0 aromatic heterocycles. The first-order valence-electron chi connectivity index (χ1n) is 11.8. The van der Waals surface area contributed by atoms with Crippen molar-refractivity contribution in [2.75, 3.05) is 32.8 Å². The second-order valence-corrected chi connectivity index (χ2v) is 13.8. The third kappa shape index (κ3) is 4.80. The van der Waals surface area contributed by atoms with Gasteiger partial charge in [0.1, 0.15) is 0 Å². The van der Waals surface area contributed by atoms with Crippen LogP contribution in [0.15, 0.2) is 0 Å². The maximum atomic E-state index is 5.97. The number of rotatable bonds is 4. The van der Waals surface area contributed by atoms with Crippen molar-refractivity contribution in [2.45, 2.75) is 95.4 Å². The molecule has 0 bridgehead atoms. The van der Waals surface area contributed by atoms with Crippen molar-refractivity contribution in [2.24, 2.45) is 38.9 Å². The van der Waals surface area contributed by atoms with Gasteiger partial charge in [-0.2, -0.15) is 0 Å². The van der Waals surface area contributed by atoms with Gasteiger partial charge in [0.25, 0.3) is 0 Å². The number of ether oxygens (including phenoxy) is 1. The molecule has 2 heterocycles. The summed E-state index contributed by atoms with van der Waals surface area (Å²) in [4.78, 5) is 2.77. The van der Waals surface area contributed by atoms with Gasteiger partial charge in [0.15, 0.2) is 0 Å². The van der Waals surface area contributed by atoms with E-state index in [2.05, 4.69) is 81.1 Å². The van der Waals surface area contributed by atoms with Gasteiger partial charge < -0.3 is 9.64 Å². The highest BCUT2D eigenvalue weighted by atomic mass is 16.5. The fraction of sp³-hybridized carbons (Fsp3) is 1.00. The van der Waals surface area contributed by atoms with E-state index in [0.29, 0.717) is 10.8 Å². The Labute approximate surface area is 177 Å². The van der Waals surface area contributed by atoms with Crippen molar-refractivity contribution in [1.82, 2.24) is 4.90 Å². The molecular formula is C26H51NO. The second-order valence-electron chi connectivity index (χ2n) is 13.8. The van der Waals surface area contributed by atoms with E-state index in [1.165, 1.54) is 38.9 Å². The number of nitrogens with zero attached hydrogens (tertiary/aromatic N) is 1. The van der Waals surface area contributed by atoms with Crippen LogP contribution in [0.2, 0.25) is 0 Å². The molecule has 2 nitrogen and oxygen atoms in total. The summed E-state index contributed by atoms with van der Waals surface area (Å²) in [5.74, 6) is 1.63. The lowest BCUT2D eigenvalue weighted by molar-refractivity contribution is -0.0722. The van der Waals surface area contributed by atoms with Crippen LogP contribution in [0.3, 0.4) is 0 Å². The Hall–Kier alpha value is -0.0800. The Kier molecular flexibility index (Phi) is 6.80. The standard InChI is InChI=1S/C26H51NO/c1-22(2,3)21(23(4,5)6)20-12-15-27(16-13-20)18-25(10,11)26(24(7,8)9)14-17-28-19-26/h20-21H,12-19H2,1-11H3. The van der Waals surface area contributed by atoms with E-state index >= 15 is 0 Å². The van der Waals surface area contributed by atoms with Gasteiger partial charge in [0.05, 0.1) is 6.61 Å². The van der Waals surface area contributed by atoms with Gasteiger partial charge in [-0.25, -0.2) is 0 Å². The summed E-state index contributed by atoms with van der Waals surface area (Å²) >= 11 is 0. The Morgan fingerprint density at radius 2 is 1.36 bits per heavy atom. The number of hydrogen-bond donors (Lipinski definition) is 0. The SMILES string of the molecule is CC(C)(C)C(C1CCN(CC(C)(C)C2(C(C)(C)C)CCOC2)CC1)C(C)(C)C. The molecule has 2 aliphatic rings. The lowest BCUT2D eigenvalue weighted by atomic mass is 9.53. The second kappa shape index (κ2) is 7.88. The zero-order valence-corrected chi connectivity index (χ0v) is 21.2. The highest BCUT2D eigenvalue weighted by Crippen LogP contribution is 2.57. The first-order chi connectivity index (χ1) is 12.5. The van der Waals surface area contributed by atoms with E-state index < -0.39 is 0 Å². The van der Waals surface area contributed by atoms with Crippen molar-refractivity contribution in [1.29, 1.82) is 0 Å². The molecule has 166 valence electrons. The van der Waals surface area contributed by atoms with Gasteiger partial charge in [0.2, 0.25) is 0 Å². The van der Waals surface area contributed by atoms with Crippen molar-refractivity contribution >= 4 is 0 Å². The number of likely N-dealkylation sites (tertiary alicyclic amines) is 1. The summed E-state index contributed by atoms with van der Waals surface area (Å²) in [5.41, 5.74) is 1.57. The lowest BCUT2D eigenvalue weighted by Gasteiger charge is -2.54. The van der Waals surface area contributed by atoms with Gasteiger partial charge >= 0.3 is 0 Å². The highest BCUT2D eigenvalue weighted by molar-refractivity contribution is 5.04. The minimum absolute atomic E-state index is 0.266. The molecule has 1 unspecified atom stereocenters. The maximum absolute atomic E-state index is 5.97. The quantitative estimate of drug-likeness (QED) is 0.516. The summed E-state index contributed by atoms with van der Waals surface area (Å²) in [6.07, 6.45) is 3.92. The van der Waals surface area contributed by atoms with Crippen molar-refractivity contribution in [3.05, 3.63) is 0 Å². The molecule has 0 amide bonds. The van der Waals surface area contributed by atoms with Crippen LogP contribution in [-0.4, -0.2) is 37.7 Å². The molecule has 0 aliphatic carbocycles. The normalized spacial score (nSPS) is 27.0. The number of hydrogen-bond acceptors (Lipinski definition) is 2. The maximum Gasteiger partial charge on any atom is 0.0533 e. The first-order valence-corrected chi connectivity index (χ1v) is 11.8. The summed E-state index contributed by atoms with van der Waals surface area (Å²) < 4.78 is 5.97. The van der Waals surface area contributed by atoms with Gasteiger partial charge in [-0.1, -0.05) is 76.2 Å². The van der Waals surface area contributed by atoms with Crippen molar-refractivity contribution < 1.29 is 4.74 Å². The fourth-order valence-electron chi connectivity index (χ4n) is 7.57. The average molecular weight is 394 g/mol. The van der Waals surface area contributed by atoms with E-state index in [1.54, 1.807) is 0 Å². The minimum Gasteiger partial charge on any atom is -0.381 e. The molecule has 2 saturated heterocycles. The highest BCUT2D eigenvalue weighted by Gasteiger charge is 2.55. The molecule has 2 fully saturated rings. The van der Waals surface area contributed by atoms with Crippen LogP contribution in [0, 0.1) is 38.9 Å². The van der Waals surface area contributed by atoms with Crippen molar-refractivity contribution in [3.63, 3.8) is 0 Å². The smallest absolute Gasteiger partial charge is 0.0533 e. The Balaban J connectivity index is 2.07. The van der Waals surface area contributed by atoms with Crippen LogP contribution in [0.5, 0.6) is 0 Å². The summed E-state index contributed by atoms with van der Waals surface area (Å²) in [6, 6.07) is 0. The van der Waals surface area contributed by atoms with E-state index in [-0.39, 0.29) is 16.2 Å². The minimum atomic E-state index is 0.266. The molecule has 0 aromatic rings. The molecular weight excluding hydrogens is 342 g/mol. The monoisotopic (exact) mass is 393 g/mol. The Morgan fingerprint density at radius 3 is 1.71 bits per heavy atom. The van der Waals surface area contributed by atoms with Crippen molar-refractivity contribution in [3.8, 4) is 0 Å². The molecule has 0 aromatic carbocycles. The Bertz CT molecular complexity index is 486. The third-order valence-electron chi connectivity index (χ3n) is 8.34. The van der Waals surface area contributed by atoms with Gasteiger partial charge in [-0.15, -0.1) is 0 Å².